The fourth-order valence-electron chi connectivity index (χ4n) is 1.96. The van der Waals surface area contributed by atoms with Crippen LogP contribution < -0.4 is 5.73 Å². The highest BCUT2D eigenvalue weighted by Crippen LogP contribution is 2.20. The number of nitrogen functional groups attached to an aromatic ring is 1. The zero-order chi connectivity index (χ0) is 12.6. The molecule has 0 aliphatic rings. The predicted molar refractivity (Wildman–Crippen MR) is 67.2 cm³/mol. The monoisotopic (exact) mass is 229 g/mol. The summed E-state index contributed by atoms with van der Waals surface area (Å²) < 4.78 is 5.37. The van der Waals surface area contributed by atoms with Crippen molar-refractivity contribution in [3.05, 3.63) is 52.5 Å². The zero-order valence-corrected chi connectivity index (χ0v) is 10.2. The molecule has 0 amide bonds. The molecule has 3 heteroatoms. The molecule has 3 nitrogen and oxygen atoms in total. The highest BCUT2D eigenvalue weighted by molar-refractivity contribution is 6.10. The first kappa shape index (κ1) is 11.5. The number of carbonyl (C=O) groups is 1. The van der Waals surface area contributed by atoms with Gasteiger partial charge < -0.3 is 10.2 Å². The van der Waals surface area contributed by atoms with E-state index in [1.54, 1.807) is 19.1 Å². The van der Waals surface area contributed by atoms with Gasteiger partial charge in [0.1, 0.15) is 11.5 Å². The first-order valence-electron chi connectivity index (χ1n) is 5.46. The summed E-state index contributed by atoms with van der Waals surface area (Å²) in [5.41, 5.74) is 8.53. The lowest BCUT2D eigenvalue weighted by Gasteiger charge is -2.03. The van der Waals surface area contributed by atoms with Gasteiger partial charge in [0.05, 0.1) is 5.56 Å². The first-order chi connectivity index (χ1) is 7.97. The maximum absolute atomic E-state index is 12.3. The molecule has 0 saturated heterocycles. The third kappa shape index (κ3) is 2.23. The molecule has 0 fully saturated rings. The number of nitrogens with two attached hydrogens (primary N) is 1. The Morgan fingerprint density at radius 2 is 1.82 bits per heavy atom. The summed E-state index contributed by atoms with van der Waals surface area (Å²) in [7, 11) is 0. The van der Waals surface area contributed by atoms with E-state index in [0.29, 0.717) is 22.6 Å². The van der Waals surface area contributed by atoms with Crippen LogP contribution in [0.5, 0.6) is 0 Å². The van der Waals surface area contributed by atoms with Crippen LogP contribution in [-0.2, 0) is 0 Å². The maximum atomic E-state index is 12.3. The minimum atomic E-state index is -0.0465. The number of furan rings is 1. The molecule has 0 radical (unpaired) electrons. The Bertz CT molecular complexity index is 562. The lowest BCUT2D eigenvalue weighted by Crippen LogP contribution is -2.03. The number of rotatable bonds is 2. The van der Waals surface area contributed by atoms with Crippen molar-refractivity contribution in [3.8, 4) is 0 Å². The van der Waals surface area contributed by atoms with Crippen LogP contribution in [0.1, 0.15) is 33.0 Å². The number of benzene rings is 1. The molecule has 2 rings (SSSR count). The van der Waals surface area contributed by atoms with Crippen LogP contribution >= 0.6 is 0 Å². The molecule has 0 unspecified atom stereocenters. The van der Waals surface area contributed by atoms with Crippen molar-refractivity contribution in [2.75, 3.05) is 5.73 Å². The Labute approximate surface area is 100 Å². The van der Waals surface area contributed by atoms with E-state index in [4.69, 9.17) is 10.2 Å². The average molecular weight is 229 g/mol. The number of ketones is 1. The molecular formula is C14H15NO2. The van der Waals surface area contributed by atoms with Crippen molar-refractivity contribution in [1.29, 1.82) is 0 Å². The van der Waals surface area contributed by atoms with Gasteiger partial charge in [-0.3, -0.25) is 4.79 Å². The van der Waals surface area contributed by atoms with Crippen molar-refractivity contribution in [2.45, 2.75) is 20.8 Å². The molecule has 2 aromatic rings. The molecule has 0 atom stereocenters. The lowest BCUT2D eigenvalue weighted by atomic mass is 10.0. The van der Waals surface area contributed by atoms with Crippen molar-refractivity contribution in [1.82, 2.24) is 0 Å². The summed E-state index contributed by atoms with van der Waals surface area (Å²) in [5.74, 6) is 1.34. The number of carbonyl (C=O) groups excluding carboxylic acids is 1. The third-order valence-corrected chi connectivity index (χ3v) is 2.65. The fourth-order valence-corrected chi connectivity index (χ4v) is 1.96. The molecule has 0 bridgehead atoms. The van der Waals surface area contributed by atoms with Gasteiger partial charge >= 0.3 is 0 Å². The number of hydrogen-bond donors (Lipinski definition) is 1. The second kappa shape index (κ2) is 4.09. The summed E-state index contributed by atoms with van der Waals surface area (Å²) in [4.78, 5) is 12.3. The Hall–Kier alpha value is -2.03. The first-order valence-corrected chi connectivity index (χ1v) is 5.46. The normalized spacial score (nSPS) is 10.5. The van der Waals surface area contributed by atoms with E-state index in [1.165, 1.54) is 0 Å². The molecule has 88 valence electrons. The van der Waals surface area contributed by atoms with Crippen molar-refractivity contribution in [3.63, 3.8) is 0 Å². The second-order valence-electron chi connectivity index (χ2n) is 4.29. The highest BCUT2D eigenvalue weighted by Gasteiger charge is 2.15. The quantitative estimate of drug-likeness (QED) is 0.636. The molecule has 0 spiro atoms. The number of aryl methyl sites for hydroxylation is 3. The summed E-state index contributed by atoms with van der Waals surface area (Å²) >= 11 is 0. The van der Waals surface area contributed by atoms with Crippen molar-refractivity contribution in [2.24, 2.45) is 0 Å². The van der Waals surface area contributed by atoms with Crippen LogP contribution in [0.25, 0.3) is 0 Å². The van der Waals surface area contributed by atoms with Crippen molar-refractivity contribution < 1.29 is 9.21 Å². The topological polar surface area (TPSA) is 56.2 Å². The molecule has 0 aliphatic carbocycles. The summed E-state index contributed by atoms with van der Waals surface area (Å²) in [6, 6.07) is 7.12. The van der Waals surface area contributed by atoms with Crippen LogP contribution in [0.2, 0.25) is 0 Å². The SMILES string of the molecule is Cc1cc(N)cc(C(=O)c2cc(C)oc2C)c1. The molecule has 17 heavy (non-hydrogen) atoms. The van der Waals surface area contributed by atoms with E-state index >= 15 is 0 Å². The van der Waals surface area contributed by atoms with Gasteiger partial charge in [0.25, 0.3) is 0 Å². The van der Waals surface area contributed by atoms with Crippen LogP contribution in [0.3, 0.4) is 0 Å². The minimum absolute atomic E-state index is 0.0465. The summed E-state index contributed by atoms with van der Waals surface area (Å²) in [5, 5.41) is 0. The van der Waals surface area contributed by atoms with E-state index in [1.807, 2.05) is 26.0 Å². The molecule has 1 heterocycles. The number of hydrogen-bond acceptors (Lipinski definition) is 3. The standard InChI is InChI=1S/C14H15NO2/c1-8-4-11(7-12(15)5-8)14(16)13-6-9(2)17-10(13)3/h4-7H,15H2,1-3H3. The Balaban J connectivity index is 2.47. The largest absolute Gasteiger partial charge is 0.466 e. The predicted octanol–water partition coefficient (Wildman–Crippen LogP) is 3.02. The van der Waals surface area contributed by atoms with Gasteiger partial charge in [-0.05, 0) is 50.6 Å². The van der Waals surface area contributed by atoms with Gasteiger partial charge in [-0.25, -0.2) is 0 Å². The van der Waals surface area contributed by atoms with Crippen LogP contribution in [0, 0.1) is 20.8 Å². The highest BCUT2D eigenvalue weighted by atomic mass is 16.3. The second-order valence-corrected chi connectivity index (χ2v) is 4.29. The van der Waals surface area contributed by atoms with Crippen molar-refractivity contribution >= 4 is 11.5 Å². The van der Waals surface area contributed by atoms with Gasteiger partial charge in [-0.15, -0.1) is 0 Å². The average Bonchev–Trinajstić information content (AvgIpc) is 2.55. The number of anilines is 1. The summed E-state index contributed by atoms with van der Waals surface area (Å²) in [6.07, 6.45) is 0. The van der Waals surface area contributed by atoms with Gasteiger partial charge in [-0.1, -0.05) is 0 Å². The smallest absolute Gasteiger partial charge is 0.196 e. The third-order valence-electron chi connectivity index (χ3n) is 2.65. The maximum Gasteiger partial charge on any atom is 0.196 e. The lowest BCUT2D eigenvalue weighted by molar-refractivity contribution is 0.103. The Morgan fingerprint density at radius 3 is 2.35 bits per heavy atom. The van der Waals surface area contributed by atoms with E-state index in [-0.39, 0.29) is 5.78 Å². The van der Waals surface area contributed by atoms with Gasteiger partial charge in [-0.2, -0.15) is 0 Å². The minimum Gasteiger partial charge on any atom is -0.466 e. The Kier molecular flexibility index (Phi) is 2.76. The molecule has 1 aromatic carbocycles. The van der Waals surface area contributed by atoms with Gasteiger partial charge in [0.2, 0.25) is 0 Å². The van der Waals surface area contributed by atoms with E-state index in [0.717, 1.165) is 11.3 Å². The molecular weight excluding hydrogens is 214 g/mol. The van der Waals surface area contributed by atoms with Gasteiger partial charge in [0.15, 0.2) is 5.78 Å². The van der Waals surface area contributed by atoms with E-state index < -0.39 is 0 Å². The van der Waals surface area contributed by atoms with E-state index in [2.05, 4.69) is 0 Å². The molecule has 2 N–H and O–H groups in total. The molecule has 0 saturated carbocycles. The van der Waals surface area contributed by atoms with Crippen LogP contribution in [0.4, 0.5) is 5.69 Å². The zero-order valence-electron chi connectivity index (χ0n) is 10.2. The van der Waals surface area contributed by atoms with Crippen LogP contribution in [0.15, 0.2) is 28.7 Å². The fraction of sp³-hybridized carbons (Fsp3) is 0.214. The van der Waals surface area contributed by atoms with E-state index in [9.17, 15) is 4.79 Å². The van der Waals surface area contributed by atoms with Gasteiger partial charge in [0, 0.05) is 11.3 Å². The molecule has 1 aromatic heterocycles. The Morgan fingerprint density at radius 1 is 1.12 bits per heavy atom. The summed E-state index contributed by atoms with van der Waals surface area (Å²) in [6.45, 7) is 5.54. The van der Waals surface area contributed by atoms with Crippen LogP contribution in [-0.4, -0.2) is 5.78 Å². The molecule has 0 aliphatic heterocycles.